The van der Waals surface area contributed by atoms with Gasteiger partial charge in [-0.25, -0.2) is 4.98 Å². The van der Waals surface area contributed by atoms with Crippen LogP contribution in [0.4, 0.5) is 0 Å². The lowest BCUT2D eigenvalue weighted by atomic mass is 10.1. The van der Waals surface area contributed by atoms with E-state index in [2.05, 4.69) is 15.3 Å². The fraction of sp³-hybridized carbons (Fsp3) is 0.385. The van der Waals surface area contributed by atoms with Gasteiger partial charge in [-0.2, -0.15) is 0 Å². The van der Waals surface area contributed by atoms with E-state index >= 15 is 0 Å². The number of hydrogen-bond donors (Lipinski definition) is 2. The summed E-state index contributed by atoms with van der Waals surface area (Å²) in [5.41, 5.74) is 1.72. The van der Waals surface area contributed by atoms with Crippen molar-refractivity contribution in [2.24, 2.45) is 5.92 Å². The maximum absolute atomic E-state index is 11.8. The van der Waals surface area contributed by atoms with Gasteiger partial charge in [0, 0.05) is 11.6 Å². The van der Waals surface area contributed by atoms with E-state index < -0.39 is 0 Å². The standard InChI is InChI=1S/C13H14ClN3O2/c14-9-1-2-10-11(5-9)17-12(16-10)6-15-13(18)8-3-4-19-7-8/h1-2,5,8H,3-4,6-7H2,(H,15,18)(H,16,17)/t8-/m0/s1. The lowest BCUT2D eigenvalue weighted by Crippen LogP contribution is -2.30. The van der Waals surface area contributed by atoms with Crippen LogP contribution in [0.5, 0.6) is 0 Å². The fourth-order valence-electron chi connectivity index (χ4n) is 2.17. The van der Waals surface area contributed by atoms with E-state index in [-0.39, 0.29) is 11.8 Å². The number of H-pyrrole nitrogens is 1. The van der Waals surface area contributed by atoms with Crippen LogP contribution < -0.4 is 5.32 Å². The first kappa shape index (κ1) is 12.4. The Morgan fingerprint density at radius 3 is 3.26 bits per heavy atom. The SMILES string of the molecule is O=C(NCc1nc2ccc(Cl)cc2[nH]1)[C@H]1CCOC1. The average molecular weight is 280 g/mol. The molecule has 0 aliphatic carbocycles. The van der Waals surface area contributed by atoms with Crippen LogP contribution in [0.2, 0.25) is 5.02 Å². The lowest BCUT2D eigenvalue weighted by molar-refractivity contribution is -0.125. The van der Waals surface area contributed by atoms with Gasteiger partial charge in [0.1, 0.15) is 5.82 Å². The molecule has 1 saturated heterocycles. The molecule has 100 valence electrons. The Balaban J connectivity index is 1.66. The molecule has 1 atom stereocenters. The summed E-state index contributed by atoms with van der Waals surface area (Å²) in [5.74, 6) is 0.722. The molecule has 1 aromatic heterocycles. The molecule has 5 nitrogen and oxygen atoms in total. The van der Waals surface area contributed by atoms with Crippen LogP contribution in [0, 0.1) is 5.92 Å². The summed E-state index contributed by atoms with van der Waals surface area (Å²) < 4.78 is 5.19. The lowest BCUT2D eigenvalue weighted by Gasteiger charge is -2.07. The number of aromatic amines is 1. The first-order valence-electron chi connectivity index (χ1n) is 6.22. The van der Waals surface area contributed by atoms with E-state index in [1.807, 2.05) is 12.1 Å². The Labute approximate surface area is 115 Å². The Hall–Kier alpha value is -1.59. The van der Waals surface area contributed by atoms with Gasteiger partial charge < -0.3 is 15.0 Å². The summed E-state index contributed by atoms with van der Waals surface area (Å²) >= 11 is 5.91. The predicted octanol–water partition coefficient (Wildman–Crippen LogP) is 1.87. The minimum atomic E-state index is -0.0289. The predicted molar refractivity (Wildman–Crippen MR) is 71.9 cm³/mol. The summed E-state index contributed by atoms with van der Waals surface area (Å²) in [6, 6.07) is 5.47. The van der Waals surface area contributed by atoms with E-state index in [1.54, 1.807) is 6.07 Å². The van der Waals surface area contributed by atoms with Crippen molar-refractivity contribution >= 4 is 28.5 Å². The second-order valence-electron chi connectivity index (χ2n) is 4.62. The molecule has 0 saturated carbocycles. The molecule has 1 aromatic carbocycles. The summed E-state index contributed by atoms with van der Waals surface area (Å²) in [7, 11) is 0. The summed E-state index contributed by atoms with van der Waals surface area (Å²) in [6.07, 6.45) is 0.793. The molecule has 1 amide bonds. The zero-order valence-electron chi connectivity index (χ0n) is 10.3. The van der Waals surface area contributed by atoms with Crippen molar-refractivity contribution in [2.45, 2.75) is 13.0 Å². The number of imidazole rings is 1. The molecule has 0 spiro atoms. The molecule has 2 aromatic rings. The monoisotopic (exact) mass is 279 g/mol. The fourth-order valence-corrected chi connectivity index (χ4v) is 2.35. The third kappa shape index (κ3) is 2.72. The molecule has 1 fully saturated rings. The number of amides is 1. The number of fused-ring (bicyclic) bond motifs is 1. The van der Waals surface area contributed by atoms with Crippen LogP contribution in [0.25, 0.3) is 11.0 Å². The average Bonchev–Trinajstić information content (AvgIpc) is 3.04. The molecule has 3 rings (SSSR count). The van der Waals surface area contributed by atoms with Gasteiger partial charge in [0.2, 0.25) is 5.91 Å². The van der Waals surface area contributed by atoms with Crippen LogP contribution in [0.3, 0.4) is 0 Å². The molecule has 6 heteroatoms. The van der Waals surface area contributed by atoms with Gasteiger partial charge in [0.15, 0.2) is 0 Å². The molecular formula is C13H14ClN3O2. The molecule has 19 heavy (non-hydrogen) atoms. The molecule has 1 aliphatic rings. The second-order valence-corrected chi connectivity index (χ2v) is 5.06. The highest BCUT2D eigenvalue weighted by Gasteiger charge is 2.23. The maximum Gasteiger partial charge on any atom is 0.225 e. The van der Waals surface area contributed by atoms with Crippen LogP contribution in [-0.4, -0.2) is 29.1 Å². The zero-order valence-corrected chi connectivity index (χ0v) is 11.0. The third-order valence-electron chi connectivity index (χ3n) is 3.22. The largest absolute Gasteiger partial charge is 0.381 e. The van der Waals surface area contributed by atoms with Crippen molar-refractivity contribution in [1.82, 2.24) is 15.3 Å². The Morgan fingerprint density at radius 2 is 2.47 bits per heavy atom. The Bertz CT molecular complexity index is 605. The van der Waals surface area contributed by atoms with Gasteiger partial charge >= 0.3 is 0 Å². The summed E-state index contributed by atoms with van der Waals surface area (Å²) in [5, 5.41) is 3.53. The van der Waals surface area contributed by atoms with Gasteiger partial charge in [-0.05, 0) is 24.6 Å². The quantitative estimate of drug-likeness (QED) is 0.901. The van der Waals surface area contributed by atoms with Crippen molar-refractivity contribution in [3.8, 4) is 0 Å². The molecular weight excluding hydrogens is 266 g/mol. The van der Waals surface area contributed by atoms with Crippen LogP contribution >= 0.6 is 11.6 Å². The first-order chi connectivity index (χ1) is 9.22. The van der Waals surface area contributed by atoms with E-state index in [0.717, 1.165) is 23.3 Å². The molecule has 2 N–H and O–H groups in total. The van der Waals surface area contributed by atoms with Crippen LogP contribution in [0.1, 0.15) is 12.2 Å². The second kappa shape index (κ2) is 5.19. The van der Waals surface area contributed by atoms with E-state index in [4.69, 9.17) is 16.3 Å². The summed E-state index contributed by atoms with van der Waals surface area (Å²) in [4.78, 5) is 19.4. The highest BCUT2D eigenvalue weighted by Crippen LogP contribution is 2.17. The Morgan fingerprint density at radius 1 is 1.58 bits per heavy atom. The van der Waals surface area contributed by atoms with Crippen molar-refractivity contribution < 1.29 is 9.53 Å². The maximum atomic E-state index is 11.8. The number of rotatable bonds is 3. The van der Waals surface area contributed by atoms with E-state index in [9.17, 15) is 4.79 Å². The molecule has 0 unspecified atom stereocenters. The Kier molecular flexibility index (Phi) is 3.40. The van der Waals surface area contributed by atoms with Crippen molar-refractivity contribution in [1.29, 1.82) is 0 Å². The van der Waals surface area contributed by atoms with Crippen molar-refractivity contribution in [3.05, 3.63) is 29.0 Å². The minimum Gasteiger partial charge on any atom is -0.381 e. The number of hydrogen-bond acceptors (Lipinski definition) is 3. The molecule has 0 radical (unpaired) electrons. The molecule has 1 aliphatic heterocycles. The number of carbonyl (C=O) groups is 1. The highest BCUT2D eigenvalue weighted by atomic mass is 35.5. The van der Waals surface area contributed by atoms with Crippen LogP contribution in [-0.2, 0) is 16.1 Å². The smallest absolute Gasteiger partial charge is 0.225 e. The van der Waals surface area contributed by atoms with Gasteiger partial charge in [-0.15, -0.1) is 0 Å². The number of nitrogens with one attached hydrogen (secondary N) is 2. The van der Waals surface area contributed by atoms with Crippen molar-refractivity contribution in [2.75, 3.05) is 13.2 Å². The molecule has 0 bridgehead atoms. The highest BCUT2D eigenvalue weighted by molar-refractivity contribution is 6.31. The number of benzene rings is 1. The number of aromatic nitrogens is 2. The minimum absolute atomic E-state index is 0.0241. The molecule has 2 heterocycles. The van der Waals surface area contributed by atoms with E-state index in [0.29, 0.717) is 24.8 Å². The topological polar surface area (TPSA) is 67.0 Å². The van der Waals surface area contributed by atoms with Gasteiger partial charge in [-0.3, -0.25) is 4.79 Å². The zero-order chi connectivity index (χ0) is 13.2. The third-order valence-corrected chi connectivity index (χ3v) is 3.46. The number of carbonyl (C=O) groups excluding carboxylic acids is 1. The summed E-state index contributed by atoms with van der Waals surface area (Å²) in [6.45, 7) is 1.57. The van der Waals surface area contributed by atoms with Crippen molar-refractivity contribution in [3.63, 3.8) is 0 Å². The van der Waals surface area contributed by atoms with Gasteiger partial charge in [0.25, 0.3) is 0 Å². The van der Waals surface area contributed by atoms with Crippen LogP contribution in [0.15, 0.2) is 18.2 Å². The normalized spacial score (nSPS) is 18.9. The van der Waals surface area contributed by atoms with Gasteiger partial charge in [-0.1, -0.05) is 11.6 Å². The van der Waals surface area contributed by atoms with E-state index in [1.165, 1.54) is 0 Å². The first-order valence-corrected chi connectivity index (χ1v) is 6.60. The number of ether oxygens (including phenoxy) is 1. The number of halogens is 1. The van der Waals surface area contributed by atoms with Gasteiger partial charge in [0.05, 0.1) is 30.1 Å². The number of nitrogens with zero attached hydrogens (tertiary/aromatic N) is 1.